The van der Waals surface area contributed by atoms with Crippen molar-refractivity contribution in [1.82, 2.24) is 15.1 Å². The summed E-state index contributed by atoms with van der Waals surface area (Å²) in [5.74, 6) is 0.124. The number of hydrogen-bond donors (Lipinski definition) is 1. The van der Waals surface area contributed by atoms with Gasteiger partial charge in [-0.15, -0.1) is 0 Å². The number of halogens is 2. The SMILES string of the molecule is COc1ccccc1CCNC(=O)c1c(C)nn(-c2ccc(F)cc2)c1Cl. The number of aromatic nitrogens is 2. The predicted molar refractivity (Wildman–Crippen MR) is 102 cm³/mol. The third kappa shape index (κ3) is 4.11. The highest BCUT2D eigenvalue weighted by atomic mass is 35.5. The molecular formula is C20H19ClFN3O2. The first-order chi connectivity index (χ1) is 13.0. The van der Waals surface area contributed by atoms with E-state index in [1.54, 1.807) is 26.2 Å². The molecule has 0 radical (unpaired) electrons. The zero-order valence-electron chi connectivity index (χ0n) is 15.0. The van der Waals surface area contributed by atoms with Crippen LogP contribution in [0, 0.1) is 12.7 Å². The number of nitrogens with zero attached hydrogens (tertiary/aromatic N) is 2. The van der Waals surface area contributed by atoms with Crippen LogP contribution in [0.1, 0.15) is 21.6 Å². The molecular weight excluding hydrogens is 369 g/mol. The van der Waals surface area contributed by atoms with Crippen molar-refractivity contribution in [1.29, 1.82) is 0 Å². The van der Waals surface area contributed by atoms with Crippen LogP contribution in [0.4, 0.5) is 4.39 Å². The molecule has 0 aliphatic heterocycles. The quantitative estimate of drug-likeness (QED) is 0.696. The summed E-state index contributed by atoms with van der Waals surface area (Å²) >= 11 is 6.37. The molecule has 0 saturated heterocycles. The molecule has 7 heteroatoms. The van der Waals surface area contributed by atoms with Gasteiger partial charge < -0.3 is 10.1 Å². The number of carbonyl (C=O) groups is 1. The van der Waals surface area contributed by atoms with Crippen molar-refractivity contribution in [2.75, 3.05) is 13.7 Å². The molecule has 0 aliphatic rings. The minimum Gasteiger partial charge on any atom is -0.496 e. The lowest BCUT2D eigenvalue weighted by Gasteiger charge is -2.09. The van der Waals surface area contributed by atoms with Crippen molar-refractivity contribution in [2.24, 2.45) is 0 Å². The number of methoxy groups -OCH3 is 1. The first kappa shape index (κ1) is 18.9. The molecule has 27 heavy (non-hydrogen) atoms. The Balaban J connectivity index is 1.72. The summed E-state index contributed by atoms with van der Waals surface area (Å²) in [7, 11) is 1.62. The lowest BCUT2D eigenvalue weighted by atomic mass is 10.1. The fourth-order valence-corrected chi connectivity index (χ4v) is 3.18. The monoisotopic (exact) mass is 387 g/mol. The molecule has 2 aromatic carbocycles. The highest BCUT2D eigenvalue weighted by Gasteiger charge is 2.21. The lowest BCUT2D eigenvalue weighted by Crippen LogP contribution is -2.26. The topological polar surface area (TPSA) is 56.1 Å². The van der Waals surface area contributed by atoms with Gasteiger partial charge in [0.1, 0.15) is 16.7 Å². The minimum atomic E-state index is -0.354. The molecule has 5 nitrogen and oxygen atoms in total. The molecule has 3 rings (SSSR count). The smallest absolute Gasteiger partial charge is 0.256 e. The van der Waals surface area contributed by atoms with Crippen LogP contribution in [0.2, 0.25) is 5.15 Å². The maximum absolute atomic E-state index is 13.1. The van der Waals surface area contributed by atoms with Crippen molar-refractivity contribution >= 4 is 17.5 Å². The molecule has 0 spiro atoms. The minimum absolute atomic E-state index is 0.189. The van der Waals surface area contributed by atoms with Crippen LogP contribution in [0.5, 0.6) is 5.75 Å². The van der Waals surface area contributed by atoms with Gasteiger partial charge in [0.2, 0.25) is 0 Å². The van der Waals surface area contributed by atoms with Gasteiger partial charge in [-0.2, -0.15) is 5.10 Å². The highest BCUT2D eigenvalue weighted by Crippen LogP contribution is 2.24. The van der Waals surface area contributed by atoms with Crippen molar-refractivity contribution in [2.45, 2.75) is 13.3 Å². The van der Waals surface area contributed by atoms with E-state index < -0.39 is 0 Å². The number of ether oxygens (including phenoxy) is 1. The first-order valence-electron chi connectivity index (χ1n) is 8.42. The van der Waals surface area contributed by atoms with Crippen molar-refractivity contribution in [3.63, 3.8) is 0 Å². The van der Waals surface area contributed by atoms with Gasteiger partial charge in [0.25, 0.3) is 5.91 Å². The van der Waals surface area contributed by atoms with E-state index in [1.165, 1.54) is 16.8 Å². The van der Waals surface area contributed by atoms with Crippen LogP contribution in [0.25, 0.3) is 5.69 Å². The van der Waals surface area contributed by atoms with E-state index >= 15 is 0 Å². The zero-order valence-corrected chi connectivity index (χ0v) is 15.8. The van der Waals surface area contributed by atoms with Crippen LogP contribution in [-0.2, 0) is 6.42 Å². The van der Waals surface area contributed by atoms with E-state index in [1.807, 2.05) is 24.3 Å². The lowest BCUT2D eigenvalue weighted by molar-refractivity contribution is 0.0953. The molecule has 1 heterocycles. The summed E-state index contributed by atoms with van der Waals surface area (Å²) in [6.45, 7) is 2.14. The maximum atomic E-state index is 13.1. The second kappa shape index (κ2) is 8.22. The van der Waals surface area contributed by atoms with Crippen LogP contribution in [0.15, 0.2) is 48.5 Å². The molecule has 0 atom stereocenters. The van der Waals surface area contributed by atoms with Gasteiger partial charge in [-0.1, -0.05) is 29.8 Å². The predicted octanol–water partition coefficient (Wildman–Crippen LogP) is 3.95. The second-order valence-electron chi connectivity index (χ2n) is 5.96. The van der Waals surface area contributed by atoms with Crippen LogP contribution in [-0.4, -0.2) is 29.3 Å². The van der Waals surface area contributed by atoms with Crippen LogP contribution < -0.4 is 10.1 Å². The molecule has 1 amide bonds. The summed E-state index contributed by atoms with van der Waals surface area (Å²) in [5, 5.41) is 7.36. The number of carbonyl (C=O) groups excluding carboxylic acids is 1. The average Bonchev–Trinajstić information content (AvgIpc) is 2.97. The number of aryl methyl sites for hydroxylation is 1. The Bertz CT molecular complexity index is 954. The van der Waals surface area contributed by atoms with E-state index in [0.717, 1.165) is 11.3 Å². The second-order valence-corrected chi connectivity index (χ2v) is 6.32. The third-order valence-corrected chi connectivity index (χ3v) is 4.52. The summed E-state index contributed by atoms with van der Waals surface area (Å²) in [5.41, 5.74) is 2.39. The Hall–Kier alpha value is -2.86. The zero-order chi connectivity index (χ0) is 19.4. The Morgan fingerprint density at radius 2 is 1.93 bits per heavy atom. The largest absolute Gasteiger partial charge is 0.496 e. The van der Waals surface area contributed by atoms with E-state index in [4.69, 9.17) is 16.3 Å². The number of rotatable bonds is 6. The molecule has 0 bridgehead atoms. The molecule has 3 aromatic rings. The number of para-hydroxylation sites is 1. The third-order valence-electron chi connectivity index (χ3n) is 4.17. The van der Waals surface area contributed by atoms with Gasteiger partial charge in [-0.3, -0.25) is 4.79 Å². The first-order valence-corrected chi connectivity index (χ1v) is 8.80. The fourth-order valence-electron chi connectivity index (χ4n) is 2.82. The Labute approximate surface area is 161 Å². The summed E-state index contributed by atoms with van der Waals surface area (Å²) < 4.78 is 19.8. The standard InChI is InChI=1S/C20H19ClFN3O2/c1-13-18(19(21)25(24-13)16-9-7-15(22)8-10-16)20(26)23-12-11-14-5-3-4-6-17(14)27-2/h3-10H,11-12H2,1-2H3,(H,23,26). The van der Waals surface area contributed by atoms with Crippen molar-refractivity contribution in [3.05, 3.63) is 76.3 Å². The molecule has 0 fully saturated rings. The van der Waals surface area contributed by atoms with E-state index in [0.29, 0.717) is 29.9 Å². The number of benzene rings is 2. The van der Waals surface area contributed by atoms with Crippen molar-refractivity contribution in [3.8, 4) is 11.4 Å². The van der Waals surface area contributed by atoms with Gasteiger partial charge in [-0.25, -0.2) is 9.07 Å². The number of hydrogen-bond acceptors (Lipinski definition) is 3. The van der Waals surface area contributed by atoms with Crippen LogP contribution in [0.3, 0.4) is 0 Å². The van der Waals surface area contributed by atoms with Gasteiger partial charge >= 0.3 is 0 Å². The van der Waals surface area contributed by atoms with Gasteiger partial charge in [0.05, 0.1) is 24.1 Å². The highest BCUT2D eigenvalue weighted by molar-refractivity contribution is 6.33. The Morgan fingerprint density at radius 3 is 2.63 bits per heavy atom. The molecule has 1 N–H and O–H groups in total. The van der Waals surface area contributed by atoms with Crippen molar-refractivity contribution < 1.29 is 13.9 Å². The number of amides is 1. The van der Waals surface area contributed by atoms with Crippen LogP contribution >= 0.6 is 11.6 Å². The Kier molecular flexibility index (Phi) is 5.76. The number of nitrogens with one attached hydrogen (secondary N) is 1. The normalized spacial score (nSPS) is 10.7. The molecule has 0 unspecified atom stereocenters. The molecule has 0 saturated carbocycles. The summed E-state index contributed by atoms with van der Waals surface area (Å²) in [4.78, 5) is 12.6. The average molecular weight is 388 g/mol. The van der Waals surface area contributed by atoms with E-state index in [-0.39, 0.29) is 16.9 Å². The van der Waals surface area contributed by atoms with Gasteiger partial charge in [0.15, 0.2) is 0 Å². The van der Waals surface area contributed by atoms with Gasteiger partial charge in [-0.05, 0) is 49.2 Å². The summed E-state index contributed by atoms with van der Waals surface area (Å²) in [6.07, 6.45) is 0.624. The van der Waals surface area contributed by atoms with E-state index in [2.05, 4.69) is 10.4 Å². The van der Waals surface area contributed by atoms with Gasteiger partial charge in [0, 0.05) is 6.54 Å². The molecule has 1 aromatic heterocycles. The Morgan fingerprint density at radius 1 is 1.22 bits per heavy atom. The van der Waals surface area contributed by atoms with E-state index in [9.17, 15) is 9.18 Å². The molecule has 0 aliphatic carbocycles. The molecule has 140 valence electrons. The maximum Gasteiger partial charge on any atom is 0.256 e. The fraction of sp³-hybridized carbons (Fsp3) is 0.200. The summed E-state index contributed by atoms with van der Waals surface area (Å²) in [6, 6.07) is 13.4.